The van der Waals surface area contributed by atoms with Gasteiger partial charge in [0.25, 0.3) is 0 Å². The van der Waals surface area contributed by atoms with Crippen molar-refractivity contribution in [1.29, 1.82) is 0 Å². The summed E-state index contributed by atoms with van der Waals surface area (Å²) in [7, 11) is -3.39. The first-order valence-electron chi connectivity index (χ1n) is 6.92. The number of thiocarbonyl (C=S) groups is 1. The van der Waals surface area contributed by atoms with Crippen LogP contribution >= 0.6 is 12.2 Å². The van der Waals surface area contributed by atoms with Crippen LogP contribution in [0.3, 0.4) is 0 Å². The molecule has 4 nitrogen and oxygen atoms in total. The van der Waals surface area contributed by atoms with Gasteiger partial charge in [-0.15, -0.1) is 0 Å². The molecule has 20 heavy (non-hydrogen) atoms. The van der Waals surface area contributed by atoms with Gasteiger partial charge in [-0.1, -0.05) is 43.6 Å². The molecule has 0 unspecified atom stereocenters. The largest absolute Gasteiger partial charge is 0.389 e. The third-order valence-corrected chi connectivity index (χ3v) is 5.74. The van der Waals surface area contributed by atoms with Gasteiger partial charge in [0, 0.05) is 18.7 Å². The fourth-order valence-electron chi connectivity index (χ4n) is 2.40. The molecule has 6 heteroatoms. The summed E-state index contributed by atoms with van der Waals surface area (Å²) < 4.78 is 26.8. The third kappa shape index (κ3) is 3.56. The van der Waals surface area contributed by atoms with Gasteiger partial charge in [0.05, 0.1) is 4.90 Å². The normalized spacial score (nSPS) is 18.2. The Hall–Kier alpha value is -0.980. The van der Waals surface area contributed by atoms with Crippen LogP contribution in [0.4, 0.5) is 0 Å². The number of sulfonamides is 1. The summed E-state index contributed by atoms with van der Waals surface area (Å²) in [5.41, 5.74) is 6.21. The minimum absolute atomic E-state index is 0.278. The molecule has 0 aliphatic carbocycles. The van der Waals surface area contributed by atoms with Crippen molar-refractivity contribution in [2.24, 2.45) is 5.73 Å². The molecule has 1 aromatic carbocycles. The number of rotatable bonds is 3. The van der Waals surface area contributed by atoms with E-state index in [1.807, 2.05) is 0 Å². The Morgan fingerprint density at radius 2 is 1.50 bits per heavy atom. The van der Waals surface area contributed by atoms with Gasteiger partial charge in [-0.05, 0) is 25.0 Å². The van der Waals surface area contributed by atoms with Crippen LogP contribution in [-0.4, -0.2) is 30.8 Å². The smallest absolute Gasteiger partial charge is 0.243 e. The van der Waals surface area contributed by atoms with Crippen molar-refractivity contribution in [3.63, 3.8) is 0 Å². The second-order valence-corrected chi connectivity index (χ2v) is 7.44. The van der Waals surface area contributed by atoms with E-state index < -0.39 is 10.0 Å². The van der Waals surface area contributed by atoms with Gasteiger partial charge in [0.15, 0.2) is 0 Å². The van der Waals surface area contributed by atoms with E-state index in [0.717, 1.165) is 25.7 Å². The average molecular weight is 312 g/mol. The highest BCUT2D eigenvalue weighted by atomic mass is 32.2. The summed E-state index contributed by atoms with van der Waals surface area (Å²) in [6.45, 7) is 1.22. The van der Waals surface area contributed by atoms with Crippen LogP contribution in [0.5, 0.6) is 0 Å². The van der Waals surface area contributed by atoms with Crippen molar-refractivity contribution >= 4 is 27.2 Å². The highest BCUT2D eigenvalue weighted by molar-refractivity contribution is 7.89. The van der Waals surface area contributed by atoms with Crippen LogP contribution in [0.1, 0.15) is 37.7 Å². The highest BCUT2D eigenvalue weighted by Crippen LogP contribution is 2.20. The number of benzene rings is 1. The second-order valence-electron chi connectivity index (χ2n) is 5.06. The fourth-order valence-corrected chi connectivity index (χ4v) is 4.05. The van der Waals surface area contributed by atoms with Crippen LogP contribution in [0.25, 0.3) is 0 Å². The zero-order valence-corrected chi connectivity index (χ0v) is 13.0. The number of nitrogens with two attached hydrogens (primary N) is 1. The van der Waals surface area contributed by atoms with Gasteiger partial charge in [-0.25, -0.2) is 8.42 Å². The number of hydrogen-bond donors (Lipinski definition) is 1. The van der Waals surface area contributed by atoms with Crippen LogP contribution in [0, 0.1) is 0 Å². The molecule has 0 spiro atoms. The second kappa shape index (κ2) is 6.65. The van der Waals surface area contributed by atoms with Gasteiger partial charge in [0.2, 0.25) is 10.0 Å². The van der Waals surface area contributed by atoms with E-state index in [1.54, 1.807) is 28.6 Å². The Morgan fingerprint density at radius 1 is 1.00 bits per heavy atom. The molecule has 1 saturated heterocycles. The molecule has 0 bridgehead atoms. The lowest BCUT2D eigenvalue weighted by Gasteiger charge is -2.24. The third-order valence-electron chi connectivity index (χ3n) is 3.59. The standard InChI is InChI=1S/C14H20N2O2S2/c15-14(19)12-6-8-13(9-7-12)20(17,18)16-10-4-2-1-3-5-11-16/h6-9H,1-5,10-11H2,(H2,15,19). The van der Waals surface area contributed by atoms with Crippen molar-refractivity contribution in [1.82, 2.24) is 4.31 Å². The van der Waals surface area contributed by atoms with Gasteiger partial charge < -0.3 is 5.73 Å². The topological polar surface area (TPSA) is 63.4 Å². The molecule has 1 aliphatic heterocycles. The lowest BCUT2D eigenvalue weighted by Crippen LogP contribution is -2.33. The molecule has 0 amide bonds. The molecular weight excluding hydrogens is 292 g/mol. The molecule has 2 rings (SSSR count). The van der Waals surface area contributed by atoms with Crippen molar-refractivity contribution < 1.29 is 8.42 Å². The SMILES string of the molecule is NC(=S)c1ccc(S(=O)(=O)N2CCCCCCC2)cc1. The van der Waals surface area contributed by atoms with Crippen molar-refractivity contribution in [3.05, 3.63) is 29.8 Å². The van der Waals surface area contributed by atoms with Crippen LogP contribution in [0.15, 0.2) is 29.2 Å². The summed E-state index contributed by atoms with van der Waals surface area (Å²) in [6.07, 6.45) is 5.28. The first-order valence-corrected chi connectivity index (χ1v) is 8.76. The summed E-state index contributed by atoms with van der Waals surface area (Å²) in [5.74, 6) is 0. The molecule has 1 aromatic rings. The number of nitrogens with zero attached hydrogens (tertiary/aromatic N) is 1. The zero-order valence-electron chi connectivity index (χ0n) is 11.4. The van der Waals surface area contributed by atoms with E-state index in [2.05, 4.69) is 0 Å². The van der Waals surface area contributed by atoms with Gasteiger partial charge in [0.1, 0.15) is 4.99 Å². The Labute approximate surface area is 126 Å². The quantitative estimate of drug-likeness (QED) is 0.870. The molecule has 0 radical (unpaired) electrons. The van der Waals surface area contributed by atoms with Gasteiger partial charge in [-0.2, -0.15) is 4.31 Å². The maximum Gasteiger partial charge on any atom is 0.243 e. The summed E-state index contributed by atoms with van der Waals surface area (Å²) in [5, 5.41) is 0. The van der Waals surface area contributed by atoms with Crippen LogP contribution < -0.4 is 5.73 Å². The van der Waals surface area contributed by atoms with Crippen LogP contribution in [0.2, 0.25) is 0 Å². The van der Waals surface area contributed by atoms with Gasteiger partial charge in [-0.3, -0.25) is 0 Å². The van der Waals surface area contributed by atoms with Crippen LogP contribution in [-0.2, 0) is 10.0 Å². The van der Waals surface area contributed by atoms with E-state index in [9.17, 15) is 8.42 Å². The Morgan fingerprint density at radius 3 is 2.00 bits per heavy atom. The molecule has 1 heterocycles. The average Bonchev–Trinajstić information content (AvgIpc) is 2.38. The molecule has 110 valence electrons. The van der Waals surface area contributed by atoms with Crippen molar-refractivity contribution in [2.45, 2.75) is 37.0 Å². The first kappa shape index (κ1) is 15.4. The Kier molecular flexibility index (Phi) is 5.12. The summed E-state index contributed by atoms with van der Waals surface area (Å²) in [6, 6.07) is 6.50. The molecule has 0 atom stereocenters. The van der Waals surface area contributed by atoms with E-state index >= 15 is 0 Å². The molecule has 1 aliphatic rings. The minimum Gasteiger partial charge on any atom is -0.389 e. The van der Waals surface area contributed by atoms with Crippen molar-refractivity contribution in [3.8, 4) is 0 Å². The lowest BCUT2D eigenvalue weighted by atomic mass is 10.1. The predicted molar refractivity (Wildman–Crippen MR) is 84.2 cm³/mol. The fraction of sp³-hybridized carbons (Fsp3) is 0.500. The number of hydrogen-bond acceptors (Lipinski definition) is 3. The van der Waals surface area contributed by atoms with Gasteiger partial charge >= 0.3 is 0 Å². The maximum absolute atomic E-state index is 12.6. The van der Waals surface area contributed by atoms with E-state index in [0.29, 0.717) is 23.5 Å². The van der Waals surface area contributed by atoms with E-state index in [1.165, 1.54) is 6.42 Å². The Bertz CT molecular complexity index is 559. The predicted octanol–water partition coefficient (Wildman–Crippen LogP) is 2.28. The minimum atomic E-state index is -3.39. The highest BCUT2D eigenvalue weighted by Gasteiger charge is 2.24. The molecule has 2 N–H and O–H groups in total. The summed E-state index contributed by atoms with van der Waals surface area (Å²) >= 11 is 4.87. The molecule has 0 saturated carbocycles. The van der Waals surface area contributed by atoms with E-state index in [-0.39, 0.29) is 4.99 Å². The summed E-state index contributed by atoms with van der Waals surface area (Å²) in [4.78, 5) is 0.596. The molecular formula is C14H20N2O2S2. The first-order chi connectivity index (χ1) is 9.51. The van der Waals surface area contributed by atoms with E-state index in [4.69, 9.17) is 18.0 Å². The molecule has 1 fully saturated rings. The maximum atomic E-state index is 12.6. The molecule has 0 aromatic heterocycles. The Balaban J connectivity index is 2.21. The monoisotopic (exact) mass is 312 g/mol. The lowest BCUT2D eigenvalue weighted by molar-refractivity contribution is 0.364. The zero-order chi connectivity index (χ0) is 14.6. The van der Waals surface area contributed by atoms with Crippen molar-refractivity contribution in [2.75, 3.05) is 13.1 Å².